The van der Waals surface area contributed by atoms with Gasteiger partial charge in [0.05, 0.1) is 20.6 Å². The van der Waals surface area contributed by atoms with Gasteiger partial charge in [0.2, 0.25) is 5.91 Å². The van der Waals surface area contributed by atoms with Crippen molar-refractivity contribution in [2.24, 2.45) is 0 Å². The first-order valence-corrected chi connectivity index (χ1v) is 9.10. The van der Waals surface area contributed by atoms with Crippen molar-refractivity contribution in [2.75, 3.05) is 14.2 Å². The van der Waals surface area contributed by atoms with Gasteiger partial charge in [-0.1, -0.05) is 28.9 Å². The molecule has 0 radical (unpaired) electrons. The Kier molecular flexibility index (Phi) is 12.6. The predicted octanol–water partition coefficient (Wildman–Crippen LogP) is 3.63. The average Bonchev–Trinajstić information content (AvgIpc) is 2.59. The van der Waals surface area contributed by atoms with E-state index in [0.717, 1.165) is 31.3 Å². The SMILES string of the molecule is COC(=O)C[C@@H](NC(=O)/C=C(\C)CC/C=C(\C)CCC=C(C)C)C(=O)OC. The molecule has 1 amide bonds. The Labute approximate surface area is 162 Å². The molecule has 1 atom stereocenters. The summed E-state index contributed by atoms with van der Waals surface area (Å²) in [4.78, 5) is 35.1. The molecule has 0 aromatic rings. The van der Waals surface area contributed by atoms with Crippen LogP contribution in [0.1, 0.15) is 59.8 Å². The standard InChI is InChI=1S/C21H33NO5/c1-15(2)9-7-10-16(3)11-8-12-17(4)13-19(23)22-18(21(25)27-6)14-20(24)26-5/h9,11,13,18H,7-8,10,12,14H2,1-6H3,(H,22,23)/b16-11+,17-13+/t18-/m1/s1. The molecule has 1 N–H and O–H groups in total. The summed E-state index contributed by atoms with van der Waals surface area (Å²) in [5, 5.41) is 2.49. The van der Waals surface area contributed by atoms with Gasteiger partial charge in [0.15, 0.2) is 0 Å². The van der Waals surface area contributed by atoms with Crippen LogP contribution in [-0.4, -0.2) is 38.1 Å². The monoisotopic (exact) mass is 379 g/mol. The van der Waals surface area contributed by atoms with Gasteiger partial charge in [0, 0.05) is 6.08 Å². The highest BCUT2D eigenvalue weighted by Gasteiger charge is 2.24. The van der Waals surface area contributed by atoms with E-state index in [1.54, 1.807) is 0 Å². The van der Waals surface area contributed by atoms with Gasteiger partial charge in [-0.2, -0.15) is 0 Å². The second kappa shape index (κ2) is 13.8. The first kappa shape index (κ1) is 24.6. The third-order valence-corrected chi connectivity index (χ3v) is 3.90. The van der Waals surface area contributed by atoms with E-state index in [-0.39, 0.29) is 6.42 Å². The highest BCUT2D eigenvalue weighted by molar-refractivity contribution is 5.93. The Morgan fingerprint density at radius 3 is 2.04 bits per heavy atom. The lowest BCUT2D eigenvalue weighted by Crippen LogP contribution is -2.42. The fourth-order valence-corrected chi connectivity index (χ4v) is 2.33. The van der Waals surface area contributed by atoms with Crippen molar-refractivity contribution in [3.8, 4) is 0 Å². The molecule has 0 aromatic heterocycles. The minimum atomic E-state index is -1.06. The molecule has 0 aliphatic carbocycles. The molecular weight excluding hydrogens is 346 g/mol. The van der Waals surface area contributed by atoms with Crippen LogP contribution in [0.3, 0.4) is 0 Å². The summed E-state index contributed by atoms with van der Waals surface area (Å²) in [7, 11) is 2.42. The minimum Gasteiger partial charge on any atom is -0.469 e. The maximum absolute atomic E-state index is 12.1. The Balaban J connectivity index is 4.57. The number of carbonyl (C=O) groups is 3. The van der Waals surface area contributed by atoms with Crippen molar-refractivity contribution < 1.29 is 23.9 Å². The smallest absolute Gasteiger partial charge is 0.328 e. The molecule has 27 heavy (non-hydrogen) atoms. The van der Waals surface area contributed by atoms with Crippen LogP contribution < -0.4 is 5.32 Å². The van der Waals surface area contributed by atoms with Crippen LogP contribution in [-0.2, 0) is 23.9 Å². The number of ether oxygens (including phenoxy) is 2. The molecule has 0 aliphatic rings. The third kappa shape index (κ3) is 12.6. The molecule has 0 heterocycles. The van der Waals surface area contributed by atoms with E-state index < -0.39 is 23.9 Å². The average molecular weight is 379 g/mol. The fraction of sp³-hybridized carbons (Fsp3) is 0.571. The van der Waals surface area contributed by atoms with Crippen molar-refractivity contribution in [2.45, 2.75) is 65.8 Å². The second-order valence-electron chi connectivity index (χ2n) is 6.76. The van der Waals surface area contributed by atoms with Gasteiger partial charge >= 0.3 is 11.9 Å². The van der Waals surface area contributed by atoms with E-state index >= 15 is 0 Å². The van der Waals surface area contributed by atoms with Crippen LogP contribution in [0.25, 0.3) is 0 Å². The van der Waals surface area contributed by atoms with Crippen LogP contribution in [0.15, 0.2) is 34.9 Å². The number of hydrogen-bond acceptors (Lipinski definition) is 5. The lowest BCUT2D eigenvalue weighted by atomic mass is 10.1. The summed E-state index contributed by atoms with van der Waals surface area (Å²) >= 11 is 0. The molecule has 0 fully saturated rings. The largest absolute Gasteiger partial charge is 0.469 e. The number of nitrogens with one attached hydrogen (secondary N) is 1. The topological polar surface area (TPSA) is 81.7 Å². The van der Waals surface area contributed by atoms with Gasteiger partial charge in [0.25, 0.3) is 0 Å². The maximum atomic E-state index is 12.1. The molecule has 0 bridgehead atoms. The number of amides is 1. The summed E-state index contributed by atoms with van der Waals surface area (Å²) < 4.78 is 9.14. The van der Waals surface area contributed by atoms with Gasteiger partial charge in [-0.3, -0.25) is 9.59 Å². The number of carbonyl (C=O) groups excluding carboxylic acids is 3. The molecule has 0 saturated heterocycles. The summed E-state index contributed by atoms with van der Waals surface area (Å²) in [6.07, 6.45) is 9.24. The molecule has 0 aromatic carbocycles. The maximum Gasteiger partial charge on any atom is 0.328 e. The van der Waals surface area contributed by atoms with Gasteiger partial charge in [0.1, 0.15) is 6.04 Å². The molecule has 6 heteroatoms. The Morgan fingerprint density at radius 1 is 0.889 bits per heavy atom. The van der Waals surface area contributed by atoms with E-state index in [4.69, 9.17) is 0 Å². The van der Waals surface area contributed by atoms with E-state index in [9.17, 15) is 14.4 Å². The van der Waals surface area contributed by atoms with Crippen LogP contribution in [0.4, 0.5) is 0 Å². The molecule has 0 spiro atoms. The lowest BCUT2D eigenvalue weighted by Gasteiger charge is -2.14. The predicted molar refractivity (Wildman–Crippen MR) is 106 cm³/mol. The van der Waals surface area contributed by atoms with Gasteiger partial charge < -0.3 is 14.8 Å². The van der Waals surface area contributed by atoms with E-state index in [1.807, 2.05) is 6.92 Å². The Bertz CT molecular complexity index is 598. The number of allylic oxidation sites excluding steroid dienone is 5. The van der Waals surface area contributed by atoms with Crippen molar-refractivity contribution in [1.29, 1.82) is 0 Å². The first-order chi connectivity index (χ1) is 12.7. The van der Waals surface area contributed by atoms with Crippen molar-refractivity contribution in [1.82, 2.24) is 5.32 Å². The van der Waals surface area contributed by atoms with Crippen LogP contribution in [0.5, 0.6) is 0 Å². The number of rotatable bonds is 11. The fourth-order valence-electron chi connectivity index (χ4n) is 2.33. The second-order valence-corrected chi connectivity index (χ2v) is 6.76. The lowest BCUT2D eigenvalue weighted by molar-refractivity contribution is -0.150. The van der Waals surface area contributed by atoms with Crippen molar-refractivity contribution >= 4 is 17.8 Å². The van der Waals surface area contributed by atoms with Crippen LogP contribution in [0, 0.1) is 0 Å². The number of hydrogen-bond donors (Lipinski definition) is 1. The number of methoxy groups -OCH3 is 2. The molecule has 152 valence electrons. The van der Waals surface area contributed by atoms with Gasteiger partial charge in [-0.15, -0.1) is 0 Å². The molecular formula is C21H33NO5. The summed E-state index contributed by atoms with van der Waals surface area (Å²) in [6, 6.07) is -1.06. The highest BCUT2D eigenvalue weighted by atomic mass is 16.5. The third-order valence-electron chi connectivity index (χ3n) is 3.90. The van der Waals surface area contributed by atoms with Crippen LogP contribution in [0.2, 0.25) is 0 Å². The molecule has 0 aliphatic heterocycles. The Hall–Kier alpha value is -2.37. The summed E-state index contributed by atoms with van der Waals surface area (Å²) in [5.74, 6) is -1.72. The van der Waals surface area contributed by atoms with Crippen molar-refractivity contribution in [3.63, 3.8) is 0 Å². The van der Waals surface area contributed by atoms with Gasteiger partial charge in [-0.05, 0) is 53.4 Å². The van der Waals surface area contributed by atoms with Crippen molar-refractivity contribution in [3.05, 3.63) is 34.9 Å². The zero-order chi connectivity index (χ0) is 20.8. The molecule has 0 saturated carbocycles. The molecule has 0 unspecified atom stereocenters. The normalized spacial score (nSPS) is 12.8. The van der Waals surface area contributed by atoms with Gasteiger partial charge in [-0.25, -0.2) is 4.79 Å². The zero-order valence-electron chi connectivity index (χ0n) is 17.4. The molecule has 6 nitrogen and oxygen atoms in total. The molecule has 0 rings (SSSR count). The number of esters is 2. The highest BCUT2D eigenvalue weighted by Crippen LogP contribution is 2.11. The van der Waals surface area contributed by atoms with E-state index in [0.29, 0.717) is 0 Å². The Morgan fingerprint density at radius 2 is 1.48 bits per heavy atom. The van der Waals surface area contributed by atoms with Crippen LogP contribution >= 0.6 is 0 Å². The quantitative estimate of drug-likeness (QED) is 0.337. The summed E-state index contributed by atoms with van der Waals surface area (Å²) in [5.41, 5.74) is 3.54. The zero-order valence-corrected chi connectivity index (χ0v) is 17.4. The minimum absolute atomic E-state index is 0.268. The first-order valence-electron chi connectivity index (χ1n) is 9.10. The van der Waals surface area contributed by atoms with E-state index in [2.05, 4.69) is 47.7 Å². The van der Waals surface area contributed by atoms with E-state index in [1.165, 1.54) is 31.4 Å². The summed E-state index contributed by atoms with van der Waals surface area (Å²) in [6.45, 7) is 8.15.